The van der Waals surface area contributed by atoms with Crippen molar-refractivity contribution in [3.63, 3.8) is 0 Å². The number of hydrogen-bond acceptors (Lipinski definition) is 6. The lowest BCUT2D eigenvalue weighted by molar-refractivity contribution is 0.0689. The van der Waals surface area contributed by atoms with E-state index in [1.807, 2.05) is 6.07 Å². The fourth-order valence-electron chi connectivity index (χ4n) is 3.57. The van der Waals surface area contributed by atoms with Gasteiger partial charge in [0.1, 0.15) is 11.6 Å². The number of aromatic hydroxyl groups is 1. The van der Waals surface area contributed by atoms with E-state index in [-0.39, 0.29) is 17.3 Å². The van der Waals surface area contributed by atoms with Gasteiger partial charge in [0.2, 0.25) is 0 Å². The number of phenolic OH excluding ortho intramolecular Hbond substituents is 1. The zero-order chi connectivity index (χ0) is 21.1. The van der Waals surface area contributed by atoms with Gasteiger partial charge >= 0.3 is 5.97 Å². The lowest BCUT2D eigenvalue weighted by Gasteiger charge is -2.35. The fourth-order valence-corrected chi connectivity index (χ4v) is 3.57. The van der Waals surface area contributed by atoms with Crippen molar-refractivity contribution < 1.29 is 19.4 Å². The molecule has 8 heteroatoms. The Kier molecular flexibility index (Phi) is 5.58. The molecule has 154 valence electrons. The molecule has 1 aliphatic rings. The first-order chi connectivity index (χ1) is 14.5. The van der Waals surface area contributed by atoms with Gasteiger partial charge in [-0.05, 0) is 41.5 Å². The second-order valence-corrected chi connectivity index (χ2v) is 7.21. The summed E-state index contributed by atoms with van der Waals surface area (Å²) in [5, 5.41) is 26.2. The number of anilines is 1. The minimum Gasteiger partial charge on any atom is -0.508 e. The minimum atomic E-state index is -1.10. The molecule has 4 rings (SSSR count). The standard InChI is InChI=1S/C22H21FN4O3/c23-19-12-15(4-5-18(19)16-2-1-3-17(28)13-16)14-26-8-10-27(11-9-26)21-7-6-20(22(29)30)24-25-21/h1-7,12-13,28H,8-11,14H2,(H,29,30). The molecule has 0 saturated carbocycles. The zero-order valence-corrected chi connectivity index (χ0v) is 16.2. The van der Waals surface area contributed by atoms with Crippen LogP contribution in [0.4, 0.5) is 10.2 Å². The number of hydrogen-bond donors (Lipinski definition) is 2. The van der Waals surface area contributed by atoms with Crippen LogP contribution in [0.15, 0.2) is 54.6 Å². The number of aromatic nitrogens is 2. The average molecular weight is 408 g/mol. The highest BCUT2D eigenvalue weighted by Crippen LogP contribution is 2.27. The highest BCUT2D eigenvalue weighted by atomic mass is 19.1. The first kappa shape index (κ1) is 19.8. The van der Waals surface area contributed by atoms with Gasteiger partial charge < -0.3 is 15.1 Å². The van der Waals surface area contributed by atoms with Crippen LogP contribution in [0.5, 0.6) is 5.75 Å². The molecular formula is C22H21FN4O3. The molecule has 2 aromatic carbocycles. The van der Waals surface area contributed by atoms with E-state index in [1.54, 1.807) is 42.5 Å². The van der Waals surface area contributed by atoms with Gasteiger partial charge in [-0.25, -0.2) is 9.18 Å². The Labute approximate surface area is 173 Å². The van der Waals surface area contributed by atoms with Crippen molar-refractivity contribution in [2.24, 2.45) is 0 Å². The second-order valence-electron chi connectivity index (χ2n) is 7.21. The maximum atomic E-state index is 14.6. The summed E-state index contributed by atoms with van der Waals surface area (Å²) in [6.07, 6.45) is 0. The summed E-state index contributed by atoms with van der Waals surface area (Å²) in [4.78, 5) is 15.2. The Morgan fingerprint density at radius 1 is 1.00 bits per heavy atom. The average Bonchev–Trinajstić information content (AvgIpc) is 2.74. The van der Waals surface area contributed by atoms with Crippen molar-refractivity contribution in [1.82, 2.24) is 15.1 Å². The largest absolute Gasteiger partial charge is 0.508 e. The normalized spacial score (nSPS) is 14.6. The zero-order valence-electron chi connectivity index (χ0n) is 16.2. The summed E-state index contributed by atoms with van der Waals surface area (Å²) in [6, 6.07) is 14.9. The number of carboxylic acids is 1. The third kappa shape index (κ3) is 4.38. The van der Waals surface area contributed by atoms with Gasteiger partial charge in [0.05, 0.1) is 0 Å². The molecule has 30 heavy (non-hydrogen) atoms. The van der Waals surface area contributed by atoms with E-state index >= 15 is 0 Å². The Balaban J connectivity index is 1.37. The smallest absolute Gasteiger partial charge is 0.356 e. The monoisotopic (exact) mass is 408 g/mol. The molecule has 2 heterocycles. The molecule has 0 unspecified atom stereocenters. The van der Waals surface area contributed by atoms with Crippen LogP contribution < -0.4 is 4.90 Å². The Morgan fingerprint density at radius 3 is 2.43 bits per heavy atom. The highest BCUT2D eigenvalue weighted by molar-refractivity contribution is 5.85. The number of aromatic carboxylic acids is 1. The van der Waals surface area contributed by atoms with Gasteiger partial charge in [0, 0.05) is 38.3 Å². The van der Waals surface area contributed by atoms with Crippen molar-refractivity contribution in [2.45, 2.75) is 6.54 Å². The fraction of sp³-hybridized carbons (Fsp3) is 0.227. The number of rotatable bonds is 5. The molecule has 3 aromatic rings. The molecule has 0 amide bonds. The van der Waals surface area contributed by atoms with Crippen molar-refractivity contribution in [1.29, 1.82) is 0 Å². The van der Waals surface area contributed by atoms with Gasteiger partial charge in [0.25, 0.3) is 0 Å². The SMILES string of the molecule is O=C(O)c1ccc(N2CCN(Cc3ccc(-c4cccc(O)c4)c(F)c3)CC2)nn1. The lowest BCUT2D eigenvalue weighted by Crippen LogP contribution is -2.46. The van der Waals surface area contributed by atoms with Gasteiger partial charge in [-0.1, -0.05) is 24.3 Å². The summed E-state index contributed by atoms with van der Waals surface area (Å²) in [7, 11) is 0. The van der Waals surface area contributed by atoms with Crippen molar-refractivity contribution in [2.75, 3.05) is 31.1 Å². The number of halogens is 1. The van der Waals surface area contributed by atoms with E-state index in [1.165, 1.54) is 6.07 Å². The van der Waals surface area contributed by atoms with E-state index in [9.17, 15) is 14.3 Å². The van der Waals surface area contributed by atoms with Crippen molar-refractivity contribution >= 4 is 11.8 Å². The molecule has 0 spiro atoms. The summed E-state index contributed by atoms with van der Waals surface area (Å²) in [6.45, 7) is 3.64. The highest BCUT2D eigenvalue weighted by Gasteiger charge is 2.19. The summed E-state index contributed by atoms with van der Waals surface area (Å²) in [5.41, 5.74) is 1.91. The van der Waals surface area contributed by atoms with E-state index in [0.717, 1.165) is 31.7 Å². The van der Waals surface area contributed by atoms with E-state index in [2.05, 4.69) is 20.0 Å². The molecule has 2 N–H and O–H groups in total. The quantitative estimate of drug-likeness (QED) is 0.671. The molecule has 0 atom stereocenters. The maximum absolute atomic E-state index is 14.6. The van der Waals surface area contributed by atoms with Crippen LogP contribution in [0.1, 0.15) is 16.1 Å². The van der Waals surface area contributed by atoms with Crippen molar-refractivity contribution in [3.8, 4) is 16.9 Å². The van der Waals surface area contributed by atoms with Crippen LogP contribution in [0.25, 0.3) is 11.1 Å². The Bertz CT molecular complexity index is 1050. The third-order valence-corrected chi connectivity index (χ3v) is 5.16. The summed E-state index contributed by atoms with van der Waals surface area (Å²) < 4.78 is 14.6. The number of benzene rings is 2. The summed E-state index contributed by atoms with van der Waals surface area (Å²) in [5.74, 6) is -0.649. The molecule has 7 nitrogen and oxygen atoms in total. The number of carbonyl (C=O) groups is 1. The van der Waals surface area contributed by atoms with Crippen LogP contribution in [-0.2, 0) is 6.54 Å². The molecule has 1 aliphatic heterocycles. The van der Waals surface area contributed by atoms with Gasteiger partial charge in [0.15, 0.2) is 11.5 Å². The predicted octanol–water partition coefficient (Wildman–Crippen LogP) is 3.01. The number of nitrogens with zero attached hydrogens (tertiary/aromatic N) is 4. The van der Waals surface area contributed by atoms with Crippen molar-refractivity contribution in [3.05, 3.63) is 71.7 Å². The van der Waals surface area contributed by atoms with Crippen LogP contribution in [0.2, 0.25) is 0 Å². The third-order valence-electron chi connectivity index (χ3n) is 5.16. The molecule has 1 saturated heterocycles. The number of phenols is 1. The molecule has 1 aromatic heterocycles. The minimum absolute atomic E-state index is 0.0754. The van der Waals surface area contributed by atoms with Crippen LogP contribution >= 0.6 is 0 Å². The number of carboxylic acid groups (broad SMARTS) is 1. The van der Waals surface area contributed by atoms with Crippen LogP contribution in [0.3, 0.4) is 0 Å². The Hall–Kier alpha value is -3.52. The number of piperazine rings is 1. The first-order valence-electron chi connectivity index (χ1n) is 9.62. The van der Waals surface area contributed by atoms with Gasteiger partial charge in [-0.15, -0.1) is 10.2 Å². The topological polar surface area (TPSA) is 89.8 Å². The molecule has 0 radical (unpaired) electrons. The lowest BCUT2D eigenvalue weighted by atomic mass is 10.0. The molecular weight excluding hydrogens is 387 g/mol. The maximum Gasteiger partial charge on any atom is 0.356 e. The van der Waals surface area contributed by atoms with E-state index in [4.69, 9.17) is 5.11 Å². The predicted molar refractivity (Wildman–Crippen MR) is 110 cm³/mol. The summed E-state index contributed by atoms with van der Waals surface area (Å²) >= 11 is 0. The molecule has 0 aliphatic carbocycles. The van der Waals surface area contributed by atoms with E-state index in [0.29, 0.717) is 23.5 Å². The van der Waals surface area contributed by atoms with Crippen LogP contribution in [0, 0.1) is 5.82 Å². The first-order valence-corrected chi connectivity index (χ1v) is 9.62. The Morgan fingerprint density at radius 2 is 1.80 bits per heavy atom. The molecule has 0 bridgehead atoms. The molecule has 1 fully saturated rings. The van der Waals surface area contributed by atoms with Gasteiger partial charge in [-0.2, -0.15) is 0 Å². The van der Waals surface area contributed by atoms with E-state index < -0.39 is 5.97 Å². The van der Waals surface area contributed by atoms with Gasteiger partial charge in [-0.3, -0.25) is 4.90 Å². The second kappa shape index (κ2) is 8.46. The van der Waals surface area contributed by atoms with Crippen LogP contribution in [-0.4, -0.2) is 57.5 Å².